The summed E-state index contributed by atoms with van der Waals surface area (Å²) in [7, 11) is 0. The molecule has 0 radical (unpaired) electrons. The summed E-state index contributed by atoms with van der Waals surface area (Å²) >= 11 is 2.99. The van der Waals surface area contributed by atoms with Gasteiger partial charge in [0.15, 0.2) is 5.13 Å². The second kappa shape index (κ2) is 7.87. The second-order valence-corrected chi connectivity index (χ2v) is 7.53. The van der Waals surface area contributed by atoms with E-state index in [9.17, 15) is 9.59 Å². The molecule has 2 aromatic heterocycles. The van der Waals surface area contributed by atoms with Gasteiger partial charge in [-0.25, -0.2) is 4.98 Å². The van der Waals surface area contributed by atoms with E-state index in [2.05, 4.69) is 20.5 Å². The summed E-state index contributed by atoms with van der Waals surface area (Å²) in [6.45, 7) is 4.69. The molecule has 0 fully saturated rings. The lowest BCUT2D eigenvalue weighted by molar-refractivity contribution is -0.122. The van der Waals surface area contributed by atoms with Gasteiger partial charge in [0, 0.05) is 36.3 Å². The van der Waals surface area contributed by atoms with Crippen LogP contribution in [0.4, 0.5) is 5.13 Å². The Bertz CT molecular complexity index is 712. The van der Waals surface area contributed by atoms with Gasteiger partial charge in [-0.1, -0.05) is 6.92 Å². The minimum Gasteiger partial charge on any atom is -0.355 e. The van der Waals surface area contributed by atoms with Crippen molar-refractivity contribution in [2.24, 2.45) is 0 Å². The summed E-state index contributed by atoms with van der Waals surface area (Å²) in [4.78, 5) is 31.7. The molecular formula is C16H20N4O2S2. The smallest absolute Gasteiger partial charge is 0.258 e. The van der Waals surface area contributed by atoms with E-state index in [1.165, 1.54) is 22.7 Å². The fraction of sp³-hybridized carbons (Fsp3) is 0.438. The van der Waals surface area contributed by atoms with Crippen LogP contribution < -0.4 is 10.6 Å². The number of thiazole rings is 1. The van der Waals surface area contributed by atoms with Crippen LogP contribution in [0.2, 0.25) is 0 Å². The number of aromatic nitrogens is 1. The molecule has 0 bridgehead atoms. The van der Waals surface area contributed by atoms with Gasteiger partial charge in [-0.05, 0) is 17.9 Å². The predicted octanol–water partition coefficient (Wildman–Crippen LogP) is 2.34. The van der Waals surface area contributed by atoms with E-state index in [-0.39, 0.29) is 11.8 Å². The standard InChI is InChI=1S/C16H20N4O2S2/c1-2-5-17-14(21)9-20-6-3-12-13(8-20)24-16(18-12)19-15(22)11-4-7-23-10-11/h4,7,10H,2-3,5-6,8-9H2,1H3,(H,17,21)(H,18,19,22). The largest absolute Gasteiger partial charge is 0.355 e. The molecule has 8 heteroatoms. The van der Waals surface area contributed by atoms with E-state index in [0.717, 1.165) is 36.5 Å². The number of carbonyl (C=O) groups excluding carboxylic acids is 2. The van der Waals surface area contributed by atoms with E-state index in [1.54, 1.807) is 6.07 Å². The van der Waals surface area contributed by atoms with Gasteiger partial charge < -0.3 is 5.32 Å². The van der Waals surface area contributed by atoms with Crippen LogP contribution in [0.5, 0.6) is 0 Å². The maximum absolute atomic E-state index is 12.1. The minimum atomic E-state index is -0.127. The number of hydrogen-bond acceptors (Lipinski definition) is 6. The Morgan fingerprint density at radius 2 is 2.29 bits per heavy atom. The van der Waals surface area contributed by atoms with Crippen molar-refractivity contribution in [2.75, 3.05) is 25.0 Å². The van der Waals surface area contributed by atoms with Crippen LogP contribution in [0, 0.1) is 0 Å². The van der Waals surface area contributed by atoms with Gasteiger partial charge in [0.2, 0.25) is 5.91 Å². The highest BCUT2D eigenvalue weighted by atomic mass is 32.1. The number of anilines is 1. The number of nitrogens with zero attached hydrogens (tertiary/aromatic N) is 2. The van der Waals surface area contributed by atoms with Crippen molar-refractivity contribution >= 4 is 39.6 Å². The molecule has 3 heterocycles. The number of fused-ring (bicyclic) bond motifs is 1. The highest BCUT2D eigenvalue weighted by Gasteiger charge is 2.22. The number of nitrogens with one attached hydrogen (secondary N) is 2. The summed E-state index contributed by atoms with van der Waals surface area (Å²) in [6.07, 6.45) is 1.75. The predicted molar refractivity (Wildman–Crippen MR) is 96.7 cm³/mol. The first-order chi connectivity index (χ1) is 11.7. The fourth-order valence-corrected chi connectivity index (χ4v) is 4.20. The Balaban J connectivity index is 1.58. The molecule has 0 aromatic carbocycles. The van der Waals surface area contributed by atoms with E-state index < -0.39 is 0 Å². The van der Waals surface area contributed by atoms with Crippen LogP contribution >= 0.6 is 22.7 Å². The highest BCUT2D eigenvalue weighted by molar-refractivity contribution is 7.16. The van der Waals surface area contributed by atoms with E-state index >= 15 is 0 Å². The summed E-state index contributed by atoms with van der Waals surface area (Å²) in [5, 5.41) is 10.1. The number of rotatable bonds is 6. The molecule has 0 aliphatic carbocycles. The zero-order valence-electron chi connectivity index (χ0n) is 13.5. The van der Waals surface area contributed by atoms with Crippen LogP contribution in [0.25, 0.3) is 0 Å². The van der Waals surface area contributed by atoms with Crippen molar-refractivity contribution in [3.63, 3.8) is 0 Å². The van der Waals surface area contributed by atoms with Gasteiger partial charge in [-0.2, -0.15) is 11.3 Å². The molecule has 1 aliphatic rings. The van der Waals surface area contributed by atoms with E-state index in [0.29, 0.717) is 23.8 Å². The van der Waals surface area contributed by atoms with Gasteiger partial charge in [0.05, 0.1) is 17.8 Å². The Labute approximate surface area is 148 Å². The van der Waals surface area contributed by atoms with Crippen LogP contribution in [0.1, 0.15) is 34.3 Å². The van der Waals surface area contributed by atoms with Crippen molar-refractivity contribution in [3.05, 3.63) is 33.0 Å². The first kappa shape index (κ1) is 17.1. The van der Waals surface area contributed by atoms with Gasteiger partial charge in [-0.15, -0.1) is 11.3 Å². The van der Waals surface area contributed by atoms with E-state index in [1.807, 2.05) is 17.7 Å². The Morgan fingerprint density at radius 3 is 3.04 bits per heavy atom. The number of carbonyl (C=O) groups is 2. The lowest BCUT2D eigenvalue weighted by atomic mass is 10.2. The molecule has 3 rings (SSSR count). The first-order valence-electron chi connectivity index (χ1n) is 7.97. The molecule has 0 saturated heterocycles. The lowest BCUT2D eigenvalue weighted by Crippen LogP contribution is -2.39. The van der Waals surface area contributed by atoms with Crippen LogP contribution in [0.3, 0.4) is 0 Å². The van der Waals surface area contributed by atoms with Crippen LogP contribution in [-0.2, 0) is 17.8 Å². The molecule has 0 spiro atoms. The molecule has 2 amide bonds. The Hall–Kier alpha value is -1.77. The summed E-state index contributed by atoms with van der Waals surface area (Å²) in [5.74, 6) is -0.0612. The SMILES string of the molecule is CCCNC(=O)CN1CCc2nc(NC(=O)c3ccsc3)sc2C1. The molecular weight excluding hydrogens is 344 g/mol. The molecule has 0 unspecified atom stereocenters. The monoisotopic (exact) mass is 364 g/mol. The molecule has 2 N–H and O–H groups in total. The third-order valence-corrected chi connectivity index (χ3v) is 5.43. The maximum atomic E-state index is 12.1. The Kier molecular flexibility index (Phi) is 5.60. The van der Waals surface area contributed by atoms with E-state index in [4.69, 9.17) is 0 Å². The quantitative estimate of drug-likeness (QED) is 0.825. The first-order valence-corrected chi connectivity index (χ1v) is 9.73. The maximum Gasteiger partial charge on any atom is 0.258 e. The zero-order valence-corrected chi connectivity index (χ0v) is 15.1. The van der Waals surface area contributed by atoms with Gasteiger partial charge >= 0.3 is 0 Å². The molecule has 6 nitrogen and oxygen atoms in total. The Morgan fingerprint density at radius 1 is 1.42 bits per heavy atom. The second-order valence-electron chi connectivity index (χ2n) is 5.67. The topological polar surface area (TPSA) is 74.3 Å². The average Bonchev–Trinajstić information content (AvgIpc) is 3.21. The number of hydrogen-bond donors (Lipinski definition) is 2. The van der Waals surface area contributed by atoms with Crippen molar-refractivity contribution in [2.45, 2.75) is 26.3 Å². The molecule has 1 aliphatic heterocycles. The molecule has 128 valence electrons. The average molecular weight is 364 g/mol. The molecule has 0 atom stereocenters. The number of thiophene rings is 1. The summed E-state index contributed by atoms with van der Waals surface area (Å²) in [6, 6.07) is 1.80. The molecule has 24 heavy (non-hydrogen) atoms. The molecule has 2 aromatic rings. The van der Waals surface area contributed by atoms with Crippen molar-refractivity contribution in [1.29, 1.82) is 0 Å². The van der Waals surface area contributed by atoms with Gasteiger partial charge in [-0.3, -0.25) is 19.8 Å². The van der Waals surface area contributed by atoms with Crippen LogP contribution in [0.15, 0.2) is 16.8 Å². The fourth-order valence-electron chi connectivity index (χ4n) is 2.52. The highest BCUT2D eigenvalue weighted by Crippen LogP contribution is 2.28. The van der Waals surface area contributed by atoms with Crippen LogP contribution in [-0.4, -0.2) is 41.3 Å². The zero-order chi connectivity index (χ0) is 16.9. The van der Waals surface area contributed by atoms with Crippen molar-refractivity contribution in [1.82, 2.24) is 15.2 Å². The normalized spacial score (nSPS) is 14.2. The van der Waals surface area contributed by atoms with Crippen molar-refractivity contribution < 1.29 is 9.59 Å². The molecule has 0 saturated carbocycles. The van der Waals surface area contributed by atoms with Crippen molar-refractivity contribution in [3.8, 4) is 0 Å². The third-order valence-electron chi connectivity index (χ3n) is 3.75. The van der Waals surface area contributed by atoms with Gasteiger partial charge in [0.25, 0.3) is 5.91 Å². The van der Waals surface area contributed by atoms with Gasteiger partial charge in [0.1, 0.15) is 0 Å². The number of amides is 2. The summed E-state index contributed by atoms with van der Waals surface area (Å²) < 4.78 is 0. The minimum absolute atomic E-state index is 0.0656. The third kappa shape index (κ3) is 4.19. The lowest BCUT2D eigenvalue weighted by Gasteiger charge is -2.25. The summed E-state index contributed by atoms with van der Waals surface area (Å²) in [5.41, 5.74) is 1.69.